The molecule has 1 rings (SSSR count). The van der Waals surface area contributed by atoms with Crippen molar-refractivity contribution in [3.8, 4) is 0 Å². The van der Waals surface area contributed by atoms with Crippen LogP contribution < -0.4 is 0 Å². The summed E-state index contributed by atoms with van der Waals surface area (Å²) in [7, 11) is 0. The van der Waals surface area contributed by atoms with Crippen molar-refractivity contribution < 1.29 is 14.6 Å². The smallest absolute Gasteiger partial charge is 0.419 e. The van der Waals surface area contributed by atoms with Crippen molar-refractivity contribution in [1.82, 2.24) is 9.55 Å². The Morgan fingerprint density at radius 1 is 1.53 bits per heavy atom. The number of carbonyl (C=O) groups excluding carboxylic acids is 1. The zero-order valence-electron chi connectivity index (χ0n) is 10.4. The maximum atomic E-state index is 11.5. The number of aliphatic hydroxyl groups excluding tert-OH is 1. The standard InChI is InChI=1S/C12H20N2O3/c1-3-4-5-6-10(2)11(15)17-12(16)14-8-7-13-9-14/h7-11,15H,3-6H2,1-2H3. The molecule has 0 amide bonds. The van der Waals surface area contributed by atoms with Crippen molar-refractivity contribution in [2.45, 2.75) is 45.8 Å². The molecule has 1 N–H and O–H groups in total. The quantitative estimate of drug-likeness (QED) is 0.612. The van der Waals surface area contributed by atoms with E-state index >= 15 is 0 Å². The summed E-state index contributed by atoms with van der Waals surface area (Å²) in [6.07, 6.45) is 6.82. The van der Waals surface area contributed by atoms with Gasteiger partial charge in [-0.25, -0.2) is 14.3 Å². The van der Waals surface area contributed by atoms with Gasteiger partial charge in [-0.05, 0) is 6.42 Å². The Bertz CT molecular complexity index is 325. The summed E-state index contributed by atoms with van der Waals surface area (Å²) < 4.78 is 6.12. The highest BCUT2D eigenvalue weighted by molar-refractivity contribution is 5.70. The van der Waals surface area contributed by atoms with Crippen LogP contribution in [0.2, 0.25) is 0 Å². The molecule has 0 aromatic carbocycles. The zero-order valence-corrected chi connectivity index (χ0v) is 10.4. The summed E-state index contributed by atoms with van der Waals surface area (Å²) in [4.78, 5) is 15.2. The van der Waals surface area contributed by atoms with Crippen LogP contribution in [0.1, 0.15) is 39.5 Å². The van der Waals surface area contributed by atoms with Crippen LogP contribution in [0.5, 0.6) is 0 Å². The molecular weight excluding hydrogens is 220 g/mol. The molecule has 1 aromatic rings. The molecule has 0 spiro atoms. The van der Waals surface area contributed by atoms with Gasteiger partial charge in [0, 0.05) is 18.3 Å². The van der Waals surface area contributed by atoms with Crippen molar-refractivity contribution in [3.63, 3.8) is 0 Å². The third kappa shape index (κ3) is 4.56. The van der Waals surface area contributed by atoms with Crippen LogP contribution in [-0.2, 0) is 4.74 Å². The molecule has 17 heavy (non-hydrogen) atoms. The van der Waals surface area contributed by atoms with Crippen LogP contribution in [0.3, 0.4) is 0 Å². The number of hydrogen-bond acceptors (Lipinski definition) is 4. The molecule has 0 aliphatic rings. The monoisotopic (exact) mass is 240 g/mol. The van der Waals surface area contributed by atoms with Gasteiger partial charge < -0.3 is 9.84 Å². The molecule has 96 valence electrons. The van der Waals surface area contributed by atoms with Gasteiger partial charge in [-0.1, -0.05) is 33.1 Å². The predicted molar refractivity (Wildman–Crippen MR) is 63.4 cm³/mol. The Morgan fingerprint density at radius 2 is 2.29 bits per heavy atom. The minimum Gasteiger partial charge on any atom is -0.419 e. The Morgan fingerprint density at radius 3 is 2.88 bits per heavy atom. The number of hydrogen-bond donors (Lipinski definition) is 1. The van der Waals surface area contributed by atoms with E-state index in [9.17, 15) is 9.90 Å². The van der Waals surface area contributed by atoms with E-state index in [1.54, 1.807) is 0 Å². The number of aliphatic hydroxyl groups is 1. The third-order valence-corrected chi connectivity index (χ3v) is 2.69. The van der Waals surface area contributed by atoms with Crippen molar-refractivity contribution in [3.05, 3.63) is 18.7 Å². The molecule has 5 nitrogen and oxygen atoms in total. The van der Waals surface area contributed by atoms with E-state index < -0.39 is 12.4 Å². The lowest BCUT2D eigenvalue weighted by Crippen LogP contribution is -2.27. The highest BCUT2D eigenvalue weighted by Gasteiger charge is 2.19. The van der Waals surface area contributed by atoms with Gasteiger partial charge in [-0.2, -0.15) is 0 Å². The Kier molecular flexibility index (Phi) is 5.69. The van der Waals surface area contributed by atoms with E-state index in [1.807, 2.05) is 6.92 Å². The average Bonchev–Trinajstić information content (AvgIpc) is 2.82. The molecule has 0 aliphatic carbocycles. The molecule has 0 fully saturated rings. The first-order valence-corrected chi connectivity index (χ1v) is 6.02. The SMILES string of the molecule is CCCCCC(C)C(O)OC(=O)n1ccnc1. The maximum absolute atomic E-state index is 11.5. The van der Waals surface area contributed by atoms with Crippen LogP contribution in [0.4, 0.5) is 4.79 Å². The van der Waals surface area contributed by atoms with Crippen LogP contribution in [0.15, 0.2) is 18.7 Å². The van der Waals surface area contributed by atoms with Gasteiger partial charge >= 0.3 is 6.09 Å². The summed E-state index contributed by atoms with van der Waals surface area (Å²) in [6.45, 7) is 4.00. The number of aromatic nitrogens is 2. The molecular formula is C12H20N2O3. The Balaban J connectivity index is 2.32. The van der Waals surface area contributed by atoms with Crippen LogP contribution in [0.25, 0.3) is 0 Å². The molecule has 1 heterocycles. The number of unbranched alkanes of at least 4 members (excludes halogenated alkanes) is 2. The van der Waals surface area contributed by atoms with Crippen LogP contribution >= 0.6 is 0 Å². The number of rotatable bonds is 6. The molecule has 0 saturated carbocycles. The van der Waals surface area contributed by atoms with E-state index in [4.69, 9.17) is 4.74 Å². The van der Waals surface area contributed by atoms with E-state index in [2.05, 4.69) is 11.9 Å². The van der Waals surface area contributed by atoms with E-state index in [-0.39, 0.29) is 5.92 Å². The average molecular weight is 240 g/mol. The normalized spacial score (nSPS) is 14.3. The number of carbonyl (C=O) groups is 1. The minimum absolute atomic E-state index is 0.0472. The lowest BCUT2D eigenvalue weighted by atomic mass is 10.0. The van der Waals surface area contributed by atoms with E-state index in [0.29, 0.717) is 0 Å². The predicted octanol–water partition coefficient (Wildman–Crippen LogP) is 2.40. The molecule has 0 radical (unpaired) electrons. The second-order valence-electron chi connectivity index (χ2n) is 4.22. The second kappa shape index (κ2) is 7.06. The molecule has 0 saturated heterocycles. The fourth-order valence-electron chi connectivity index (χ4n) is 1.51. The number of imidazole rings is 1. The number of ether oxygens (including phenoxy) is 1. The van der Waals surface area contributed by atoms with Crippen molar-refractivity contribution in [1.29, 1.82) is 0 Å². The lowest BCUT2D eigenvalue weighted by Gasteiger charge is -2.18. The van der Waals surface area contributed by atoms with Gasteiger partial charge in [-0.15, -0.1) is 0 Å². The molecule has 5 heteroatoms. The molecule has 1 aromatic heterocycles. The highest BCUT2D eigenvalue weighted by atomic mass is 16.6. The fraction of sp³-hybridized carbons (Fsp3) is 0.667. The van der Waals surface area contributed by atoms with E-state index in [1.165, 1.54) is 23.3 Å². The second-order valence-corrected chi connectivity index (χ2v) is 4.22. The first-order valence-electron chi connectivity index (χ1n) is 6.02. The van der Waals surface area contributed by atoms with Gasteiger partial charge in [-0.3, -0.25) is 0 Å². The molecule has 2 unspecified atom stereocenters. The summed E-state index contributed by atoms with van der Waals surface area (Å²) in [5, 5.41) is 9.71. The van der Waals surface area contributed by atoms with Gasteiger partial charge in [0.1, 0.15) is 6.33 Å². The Hall–Kier alpha value is -1.36. The maximum Gasteiger partial charge on any atom is 0.421 e. The van der Waals surface area contributed by atoms with Gasteiger partial charge in [0.2, 0.25) is 6.29 Å². The summed E-state index contributed by atoms with van der Waals surface area (Å²) in [5.41, 5.74) is 0. The van der Waals surface area contributed by atoms with Crippen LogP contribution in [-0.4, -0.2) is 27.0 Å². The van der Waals surface area contributed by atoms with Crippen LogP contribution in [0, 0.1) is 5.92 Å². The summed E-state index contributed by atoms with van der Waals surface area (Å²) >= 11 is 0. The highest BCUT2D eigenvalue weighted by Crippen LogP contribution is 2.14. The van der Waals surface area contributed by atoms with Crippen molar-refractivity contribution in [2.75, 3.05) is 0 Å². The van der Waals surface area contributed by atoms with Gasteiger partial charge in [0.15, 0.2) is 0 Å². The Labute approximate surface area is 101 Å². The number of nitrogens with zero attached hydrogens (tertiary/aromatic N) is 2. The van der Waals surface area contributed by atoms with Gasteiger partial charge in [0.25, 0.3) is 0 Å². The van der Waals surface area contributed by atoms with Crippen molar-refractivity contribution >= 4 is 6.09 Å². The zero-order chi connectivity index (χ0) is 12.7. The molecule has 0 aliphatic heterocycles. The third-order valence-electron chi connectivity index (χ3n) is 2.69. The minimum atomic E-state index is -1.05. The topological polar surface area (TPSA) is 64.3 Å². The summed E-state index contributed by atoms with van der Waals surface area (Å²) in [5.74, 6) is -0.0472. The van der Waals surface area contributed by atoms with E-state index in [0.717, 1.165) is 25.7 Å². The first-order chi connectivity index (χ1) is 8.15. The molecule has 0 bridgehead atoms. The van der Waals surface area contributed by atoms with Gasteiger partial charge in [0.05, 0.1) is 0 Å². The molecule has 2 atom stereocenters. The van der Waals surface area contributed by atoms with Crippen molar-refractivity contribution in [2.24, 2.45) is 5.92 Å². The lowest BCUT2D eigenvalue weighted by molar-refractivity contribution is -0.0877. The summed E-state index contributed by atoms with van der Waals surface area (Å²) in [6, 6.07) is 0. The first kappa shape index (κ1) is 13.7. The largest absolute Gasteiger partial charge is 0.421 e. The fourth-order valence-corrected chi connectivity index (χ4v) is 1.51.